The van der Waals surface area contributed by atoms with E-state index in [1.807, 2.05) is 37.4 Å². The first kappa shape index (κ1) is 11.6. The summed E-state index contributed by atoms with van der Waals surface area (Å²) in [6.07, 6.45) is 4.02. The SMILES string of the molecule is CC[C@@H](O)c1ccccc1-n1cc(I)cn1. The summed E-state index contributed by atoms with van der Waals surface area (Å²) in [6.45, 7) is 1.97. The molecule has 1 aromatic heterocycles. The fourth-order valence-corrected chi connectivity index (χ4v) is 2.02. The molecule has 2 rings (SSSR count). The minimum atomic E-state index is -0.432. The fraction of sp³-hybridized carbons (Fsp3) is 0.250. The van der Waals surface area contributed by atoms with Crippen molar-refractivity contribution in [1.82, 2.24) is 9.78 Å². The highest BCUT2D eigenvalue weighted by Gasteiger charge is 2.11. The van der Waals surface area contributed by atoms with Gasteiger partial charge in [-0.3, -0.25) is 0 Å². The van der Waals surface area contributed by atoms with Crippen LogP contribution in [0.1, 0.15) is 25.0 Å². The maximum absolute atomic E-state index is 9.94. The van der Waals surface area contributed by atoms with Crippen molar-refractivity contribution < 1.29 is 5.11 Å². The van der Waals surface area contributed by atoms with E-state index >= 15 is 0 Å². The molecule has 84 valence electrons. The molecular formula is C12H13IN2O. The summed E-state index contributed by atoms with van der Waals surface area (Å²) in [4.78, 5) is 0. The highest BCUT2D eigenvalue weighted by molar-refractivity contribution is 14.1. The van der Waals surface area contributed by atoms with Gasteiger partial charge in [0, 0.05) is 11.8 Å². The quantitative estimate of drug-likeness (QED) is 0.880. The van der Waals surface area contributed by atoms with Gasteiger partial charge in [-0.15, -0.1) is 0 Å². The first-order valence-electron chi connectivity index (χ1n) is 5.20. The molecule has 0 saturated carbocycles. The van der Waals surface area contributed by atoms with Crippen LogP contribution in [0.3, 0.4) is 0 Å². The van der Waals surface area contributed by atoms with Crippen molar-refractivity contribution in [3.05, 3.63) is 45.8 Å². The number of hydrogen-bond acceptors (Lipinski definition) is 2. The van der Waals surface area contributed by atoms with Gasteiger partial charge in [-0.1, -0.05) is 25.1 Å². The van der Waals surface area contributed by atoms with Gasteiger partial charge in [0.25, 0.3) is 0 Å². The van der Waals surface area contributed by atoms with E-state index < -0.39 is 6.10 Å². The third-order valence-electron chi connectivity index (χ3n) is 2.48. The molecule has 0 aliphatic heterocycles. The van der Waals surface area contributed by atoms with Crippen LogP contribution in [0.15, 0.2) is 36.7 Å². The molecule has 0 radical (unpaired) electrons. The molecule has 0 aliphatic rings. The molecule has 1 aromatic carbocycles. The maximum atomic E-state index is 9.94. The summed E-state index contributed by atoms with van der Waals surface area (Å²) in [6, 6.07) is 7.80. The second kappa shape index (κ2) is 4.97. The Kier molecular flexibility index (Phi) is 3.60. The van der Waals surface area contributed by atoms with Crippen molar-refractivity contribution in [3.63, 3.8) is 0 Å². The van der Waals surface area contributed by atoms with Crippen LogP contribution >= 0.6 is 22.6 Å². The van der Waals surface area contributed by atoms with E-state index in [-0.39, 0.29) is 0 Å². The van der Waals surface area contributed by atoms with E-state index in [0.29, 0.717) is 6.42 Å². The van der Waals surface area contributed by atoms with Crippen molar-refractivity contribution in [2.24, 2.45) is 0 Å². The molecular weight excluding hydrogens is 315 g/mol. The molecule has 0 unspecified atom stereocenters. The number of hydrogen-bond donors (Lipinski definition) is 1. The van der Waals surface area contributed by atoms with Gasteiger partial charge >= 0.3 is 0 Å². The zero-order chi connectivity index (χ0) is 11.5. The summed E-state index contributed by atoms with van der Waals surface area (Å²) in [5, 5.41) is 14.2. The average Bonchev–Trinajstić information content (AvgIpc) is 2.75. The molecule has 1 heterocycles. The van der Waals surface area contributed by atoms with Crippen molar-refractivity contribution in [3.8, 4) is 5.69 Å². The first-order valence-corrected chi connectivity index (χ1v) is 6.27. The van der Waals surface area contributed by atoms with E-state index in [1.165, 1.54) is 0 Å². The summed E-state index contributed by atoms with van der Waals surface area (Å²) in [7, 11) is 0. The van der Waals surface area contributed by atoms with Crippen LogP contribution < -0.4 is 0 Å². The lowest BCUT2D eigenvalue weighted by atomic mass is 10.1. The Balaban J connectivity index is 2.48. The molecule has 0 spiro atoms. The van der Waals surface area contributed by atoms with Crippen LogP contribution in [-0.2, 0) is 0 Å². The van der Waals surface area contributed by atoms with E-state index in [0.717, 1.165) is 14.8 Å². The third-order valence-corrected chi connectivity index (χ3v) is 3.04. The molecule has 1 N–H and O–H groups in total. The number of aromatic nitrogens is 2. The molecule has 0 aliphatic carbocycles. The van der Waals surface area contributed by atoms with Crippen LogP contribution in [0, 0.1) is 3.57 Å². The normalized spacial score (nSPS) is 12.7. The first-order chi connectivity index (χ1) is 7.72. The molecule has 0 amide bonds. The summed E-state index contributed by atoms with van der Waals surface area (Å²) in [5.41, 5.74) is 1.87. The van der Waals surface area contributed by atoms with Crippen LogP contribution in [0.5, 0.6) is 0 Å². The topological polar surface area (TPSA) is 38.0 Å². The fourth-order valence-electron chi connectivity index (χ4n) is 1.63. The summed E-state index contributed by atoms with van der Waals surface area (Å²) in [5.74, 6) is 0. The molecule has 2 aromatic rings. The molecule has 3 nitrogen and oxygen atoms in total. The minimum Gasteiger partial charge on any atom is -0.388 e. The van der Waals surface area contributed by atoms with Crippen molar-refractivity contribution >= 4 is 22.6 Å². The van der Waals surface area contributed by atoms with Gasteiger partial charge in [0.1, 0.15) is 0 Å². The number of para-hydroxylation sites is 1. The Bertz CT molecular complexity index is 481. The Hall–Kier alpha value is -0.880. The van der Waals surface area contributed by atoms with E-state index in [1.54, 1.807) is 10.9 Å². The largest absolute Gasteiger partial charge is 0.388 e. The molecule has 0 bridgehead atoms. The number of benzene rings is 1. The third kappa shape index (κ3) is 2.27. The lowest BCUT2D eigenvalue weighted by Gasteiger charge is -2.13. The standard InChI is InChI=1S/C12H13IN2O/c1-2-12(16)10-5-3-4-6-11(10)15-8-9(13)7-14-15/h3-8,12,16H,2H2,1H3/t12-/m1/s1. The lowest BCUT2D eigenvalue weighted by molar-refractivity contribution is 0.173. The number of halogens is 1. The number of aliphatic hydroxyl groups is 1. The highest BCUT2D eigenvalue weighted by atomic mass is 127. The van der Waals surface area contributed by atoms with Crippen LogP contribution in [0.2, 0.25) is 0 Å². The van der Waals surface area contributed by atoms with E-state index in [9.17, 15) is 5.11 Å². The predicted octanol–water partition coefficient (Wildman–Crippen LogP) is 2.92. The Morgan fingerprint density at radius 2 is 2.19 bits per heavy atom. The summed E-state index contributed by atoms with van der Waals surface area (Å²) < 4.78 is 2.88. The monoisotopic (exact) mass is 328 g/mol. The van der Waals surface area contributed by atoms with Crippen LogP contribution in [0.25, 0.3) is 5.69 Å². The van der Waals surface area contributed by atoms with Gasteiger partial charge < -0.3 is 5.11 Å². The van der Waals surface area contributed by atoms with Gasteiger partial charge in [0.15, 0.2) is 0 Å². The zero-order valence-corrected chi connectivity index (χ0v) is 11.1. The Morgan fingerprint density at radius 1 is 1.44 bits per heavy atom. The van der Waals surface area contributed by atoms with E-state index in [2.05, 4.69) is 27.7 Å². The second-order valence-electron chi connectivity index (χ2n) is 3.59. The lowest BCUT2D eigenvalue weighted by Crippen LogP contribution is -2.04. The highest BCUT2D eigenvalue weighted by Crippen LogP contribution is 2.23. The van der Waals surface area contributed by atoms with Gasteiger partial charge in [-0.2, -0.15) is 5.10 Å². The second-order valence-corrected chi connectivity index (χ2v) is 4.83. The smallest absolute Gasteiger partial charge is 0.0808 e. The summed E-state index contributed by atoms with van der Waals surface area (Å²) >= 11 is 2.22. The van der Waals surface area contributed by atoms with Crippen molar-refractivity contribution in [1.29, 1.82) is 0 Å². The van der Waals surface area contributed by atoms with Crippen LogP contribution in [-0.4, -0.2) is 14.9 Å². The molecule has 4 heteroatoms. The minimum absolute atomic E-state index is 0.432. The number of aliphatic hydroxyl groups excluding tert-OH is 1. The van der Waals surface area contributed by atoms with Crippen molar-refractivity contribution in [2.45, 2.75) is 19.4 Å². The Morgan fingerprint density at radius 3 is 2.81 bits per heavy atom. The maximum Gasteiger partial charge on any atom is 0.0808 e. The molecule has 0 fully saturated rings. The Labute approximate surface area is 108 Å². The van der Waals surface area contributed by atoms with Crippen molar-refractivity contribution in [2.75, 3.05) is 0 Å². The molecule has 0 saturated heterocycles. The van der Waals surface area contributed by atoms with Gasteiger partial charge in [0.05, 0.1) is 21.6 Å². The van der Waals surface area contributed by atoms with Gasteiger partial charge in [-0.25, -0.2) is 4.68 Å². The number of nitrogens with zero attached hydrogens (tertiary/aromatic N) is 2. The van der Waals surface area contributed by atoms with Gasteiger partial charge in [-0.05, 0) is 35.1 Å². The predicted molar refractivity (Wildman–Crippen MR) is 71.5 cm³/mol. The van der Waals surface area contributed by atoms with Crippen LogP contribution in [0.4, 0.5) is 0 Å². The van der Waals surface area contributed by atoms with E-state index in [4.69, 9.17) is 0 Å². The zero-order valence-electron chi connectivity index (χ0n) is 8.97. The average molecular weight is 328 g/mol. The molecule has 16 heavy (non-hydrogen) atoms. The van der Waals surface area contributed by atoms with Gasteiger partial charge in [0.2, 0.25) is 0 Å². The number of rotatable bonds is 3. The molecule has 1 atom stereocenters.